The van der Waals surface area contributed by atoms with Crippen molar-refractivity contribution < 1.29 is 9.53 Å². The van der Waals surface area contributed by atoms with E-state index >= 15 is 0 Å². The van der Waals surface area contributed by atoms with Gasteiger partial charge in [0.2, 0.25) is 0 Å². The van der Waals surface area contributed by atoms with Gasteiger partial charge in [-0.25, -0.2) is 0 Å². The van der Waals surface area contributed by atoms with Crippen LogP contribution in [0.25, 0.3) is 0 Å². The minimum absolute atomic E-state index is 0.105. The first-order chi connectivity index (χ1) is 7.19. The Bertz CT molecular complexity index is 320. The summed E-state index contributed by atoms with van der Waals surface area (Å²) in [6, 6.07) is 8.23. The smallest absolute Gasteiger partial charge is 0.120 e. The SMILES string of the molecule is COC(C)c1cccc(C(C)CC=O)c1. The fraction of sp³-hybridized carbons (Fsp3) is 0.462. The van der Waals surface area contributed by atoms with Gasteiger partial charge in [0.25, 0.3) is 0 Å². The van der Waals surface area contributed by atoms with E-state index in [0.29, 0.717) is 6.42 Å². The van der Waals surface area contributed by atoms with Crippen LogP contribution in [0.2, 0.25) is 0 Å². The Hall–Kier alpha value is -1.15. The molecule has 2 atom stereocenters. The van der Waals surface area contributed by atoms with E-state index in [-0.39, 0.29) is 12.0 Å². The third kappa shape index (κ3) is 3.17. The first kappa shape index (κ1) is 11.9. The van der Waals surface area contributed by atoms with Gasteiger partial charge in [0.05, 0.1) is 6.10 Å². The molecular formula is C13H18O2. The molecule has 0 bridgehead atoms. The van der Waals surface area contributed by atoms with E-state index in [1.54, 1.807) is 7.11 Å². The standard InChI is InChI=1S/C13H18O2/c1-10(7-8-14)12-5-4-6-13(9-12)11(2)15-3/h4-6,8-11H,7H2,1-3H3. The average Bonchev–Trinajstić information content (AvgIpc) is 2.28. The van der Waals surface area contributed by atoms with Crippen LogP contribution in [0.4, 0.5) is 0 Å². The van der Waals surface area contributed by atoms with Gasteiger partial charge in [0.15, 0.2) is 0 Å². The van der Waals surface area contributed by atoms with Crippen molar-refractivity contribution in [3.63, 3.8) is 0 Å². The molecule has 0 aromatic heterocycles. The van der Waals surface area contributed by atoms with Crippen LogP contribution in [0.5, 0.6) is 0 Å². The first-order valence-corrected chi connectivity index (χ1v) is 5.25. The van der Waals surface area contributed by atoms with Gasteiger partial charge in [-0.3, -0.25) is 0 Å². The molecule has 1 aromatic rings. The summed E-state index contributed by atoms with van der Waals surface area (Å²) < 4.78 is 5.26. The van der Waals surface area contributed by atoms with E-state index in [0.717, 1.165) is 11.8 Å². The Morgan fingerprint density at radius 1 is 1.33 bits per heavy atom. The number of carbonyl (C=O) groups is 1. The van der Waals surface area contributed by atoms with Crippen molar-refractivity contribution in [3.8, 4) is 0 Å². The maximum atomic E-state index is 10.4. The van der Waals surface area contributed by atoms with E-state index in [1.807, 2.05) is 19.1 Å². The average molecular weight is 206 g/mol. The number of methoxy groups -OCH3 is 1. The van der Waals surface area contributed by atoms with E-state index in [9.17, 15) is 4.79 Å². The molecule has 2 nitrogen and oxygen atoms in total. The molecule has 2 heteroatoms. The third-order valence-corrected chi connectivity index (χ3v) is 2.75. The van der Waals surface area contributed by atoms with E-state index in [4.69, 9.17) is 4.74 Å². The summed E-state index contributed by atoms with van der Waals surface area (Å²) in [6.45, 7) is 4.08. The minimum atomic E-state index is 0.105. The van der Waals surface area contributed by atoms with Crippen LogP contribution in [-0.2, 0) is 9.53 Å². The summed E-state index contributed by atoms with van der Waals surface area (Å²) >= 11 is 0. The molecule has 0 aliphatic heterocycles. The van der Waals surface area contributed by atoms with Gasteiger partial charge in [-0.15, -0.1) is 0 Å². The van der Waals surface area contributed by atoms with Gasteiger partial charge in [-0.2, -0.15) is 0 Å². The lowest BCUT2D eigenvalue weighted by Crippen LogP contribution is -1.99. The van der Waals surface area contributed by atoms with Crippen LogP contribution in [0, 0.1) is 0 Å². The maximum absolute atomic E-state index is 10.4. The lowest BCUT2D eigenvalue weighted by Gasteiger charge is -2.13. The number of rotatable bonds is 5. The Morgan fingerprint density at radius 2 is 2.00 bits per heavy atom. The van der Waals surface area contributed by atoms with Crippen LogP contribution in [0.15, 0.2) is 24.3 Å². The van der Waals surface area contributed by atoms with Crippen molar-refractivity contribution in [3.05, 3.63) is 35.4 Å². The van der Waals surface area contributed by atoms with Crippen LogP contribution in [0.3, 0.4) is 0 Å². The van der Waals surface area contributed by atoms with E-state index < -0.39 is 0 Å². The van der Waals surface area contributed by atoms with Crippen molar-refractivity contribution in [1.29, 1.82) is 0 Å². The third-order valence-electron chi connectivity index (χ3n) is 2.75. The number of hydrogen-bond donors (Lipinski definition) is 0. The summed E-state index contributed by atoms with van der Waals surface area (Å²) in [5, 5.41) is 0. The molecule has 1 rings (SSSR count). The first-order valence-electron chi connectivity index (χ1n) is 5.25. The van der Waals surface area contributed by atoms with Gasteiger partial charge in [0, 0.05) is 13.5 Å². The van der Waals surface area contributed by atoms with Crippen LogP contribution in [-0.4, -0.2) is 13.4 Å². The molecular weight excluding hydrogens is 188 g/mol. The van der Waals surface area contributed by atoms with Gasteiger partial charge in [-0.05, 0) is 24.0 Å². The summed E-state index contributed by atoms with van der Waals surface area (Å²) in [7, 11) is 1.70. The molecule has 0 spiro atoms. The highest BCUT2D eigenvalue weighted by molar-refractivity contribution is 5.51. The number of benzene rings is 1. The highest BCUT2D eigenvalue weighted by Gasteiger charge is 2.08. The molecule has 0 aliphatic carbocycles. The highest BCUT2D eigenvalue weighted by atomic mass is 16.5. The second-order valence-corrected chi connectivity index (χ2v) is 3.85. The lowest BCUT2D eigenvalue weighted by molar-refractivity contribution is -0.108. The monoisotopic (exact) mass is 206 g/mol. The van der Waals surface area contributed by atoms with Crippen LogP contribution >= 0.6 is 0 Å². The number of aldehydes is 1. The van der Waals surface area contributed by atoms with Crippen LogP contribution < -0.4 is 0 Å². The summed E-state index contributed by atoms with van der Waals surface area (Å²) in [5.41, 5.74) is 2.36. The highest BCUT2D eigenvalue weighted by Crippen LogP contribution is 2.23. The number of carbonyl (C=O) groups excluding carboxylic acids is 1. The zero-order chi connectivity index (χ0) is 11.3. The summed E-state index contributed by atoms with van der Waals surface area (Å²) in [5.74, 6) is 0.284. The molecule has 0 saturated heterocycles. The zero-order valence-corrected chi connectivity index (χ0v) is 9.57. The molecule has 0 radical (unpaired) electrons. The fourth-order valence-electron chi connectivity index (χ4n) is 1.53. The molecule has 0 saturated carbocycles. The second kappa shape index (κ2) is 5.66. The molecule has 15 heavy (non-hydrogen) atoms. The largest absolute Gasteiger partial charge is 0.377 e. The second-order valence-electron chi connectivity index (χ2n) is 3.85. The Balaban J connectivity index is 2.86. The predicted molar refractivity (Wildman–Crippen MR) is 61.0 cm³/mol. The molecule has 1 aromatic carbocycles. The van der Waals surface area contributed by atoms with Crippen LogP contribution in [0.1, 0.15) is 43.4 Å². The maximum Gasteiger partial charge on any atom is 0.120 e. The van der Waals surface area contributed by atoms with Crippen molar-refractivity contribution in [1.82, 2.24) is 0 Å². The number of ether oxygens (including phenoxy) is 1. The number of hydrogen-bond acceptors (Lipinski definition) is 2. The normalized spacial score (nSPS) is 14.6. The van der Waals surface area contributed by atoms with E-state index in [2.05, 4.69) is 19.1 Å². The molecule has 0 amide bonds. The Labute approximate surface area is 91.3 Å². The van der Waals surface area contributed by atoms with Crippen molar-refractivity contribution in [2.75, 3.05) is 7.11 Å². The minimum Gasteiger partial charge on any atom is -0.377 e. The van der Waals surface area contributed by atoms with Crippen molar-refractivity contribution >= 4 is 6.29 Å². The Morgan fingerprint density at radius 3 is 2.60 bits per heavy atom. The topological polar surface area (TPSA) is 26.3 Å². The lowest BCUT2D eigenvalue weighted by atomic mass is 9.95. The summed E-state index contributed by atoms with van der Waals surface area (Å²) in [6.07, 6.45) is 1.65. The molecule has 0 heterocycles. The van der Waals surface area contributed by atoms with Crippen molar-refractivity contribution in [2.45, 2.75) is 32.3 Å². The van der Waals surface area contributed by atoms with Gasteiger partial charge < -0.3 is 9.53 Å². The van der Waals surface area contributed by atoms with Gasteiger partial charge in [-0.1, -0.05) is 31.2 Å². The summed E-state index contributed by atoms with van der Waals surface area (Å²) in [4.78, 5) is 10.4. The van der Waals surface area contributed by atoms with E-state index in [1.165, 1.54) is 5.56 Å². The molecule has 2 unspecified atom stereocenters. The zero-order valence-electron chi connectivity index (χ0n) is 9.57. The van der Waals surface area contributed by atoms with Gasteiger partial charge in [0.1, 0.15) is 6.29 Å². The molecule has 0 N–H and O–H groups in total. The Kier molecular flexibility index (Phi) is 4.50. The van der Waals surface area contributed by atoms with Gasteiger partial charge >= 0.3 is 0 Å². The molecule has 0 fully saturated rings. The fourth-order valence-corrected chi connectivity index (χ4v) is 1.53. The molecule has 82 valence electrons. The quantitative estimate of drug-likeness (QED) is 0.692. The van der Waals surface area contributed by atoms with Crippen molar-refractivity contribution in [2.24, 2.45) is 0 Å². The molecule has 0 aliphatic rings. The predicted octanol–water partition coefficient (Wildman–Crippen LogP) is 3.09.